The molecular weight excluding hydrogens is 264 g/mol. The van der Waals surface area contributed by atoms with Crippen molar-refractivity contribution in [2.24, 2.45) is 0 Å². The highest BCUT2D eigenvalue weighted by Crippen LogP contribution is 2.26. The van der Waals surface area contributed by atoms with Crippen molar-refractivity contribution in [2.75, 3.05) is 12.4 Å². The van der Waals surface area contributed by atoms with Crippen molar-refractivity contribution >= 4 is 16.7 Å². The molecule has 0 saturated heterocycles. The van der Waals surface area contributed by atoms with Crippen LogP contribution in [-0.2, 0) is 6.54 Å². The third-order valence-corrected chi connectivity index (χ3v) is 3.26. The first kappa shape index (κ1) is 13.1. The molecule has 104 valence electrons. The van der Waals surface area contributed by atoms with Gasteiger partial charge in [-0.25, -0.2) is 0 Å². The second-order valence-electron chi connectivity index (χ2n) is 4.63. The van der Waals surface area contributed by atoms with Crippen LogP contribution in [-0.4, -0.2) is 7.11 Å². The van der Waals surface area contributed by atoms with E-state index in [0.717, 1.165) is 22.4 Å². The molecule has 0 radical (unpaired) electrons. The Morgan fingerprint density at radius 1 is 1.19 bits per heavy atom. The van der Waals surface area contributed by atoms with Crippen LogP contribution in [0, 0.1) is 11.3 Å². The van der Waals surface area contributed by atoms with Crippen molar-refractivity contribution in [3.05, 3.63) is 59.9 Å². The molecule has 0 aliphatic rings. The largest absolute Gasteiger partial charge is 0.495 e. The average Bonchev–Trinajstić information content (AvgIpc) is 2.95. The summed E-state index contributed by atoms with van der Waals surface area (Å²) in [5, 5.41) is 13.2. The number of nitrogens with one attached hydrogen (secondary N) is 1. The maximum Gasteiger partial charge on any atom is 0.143 e. The molecule has 0 aliphatic heterocycles. The third-order valence-electron chi connectivity index (χ3n) is 3.26. The zero-order valence-corrected chi connectivity index (χ0v) is 11.6. The van der Waals surface area contributed by atoms with E-state index >= 15 is 0 Å². The van der Waals surface area contributed by atoms with Crippen molar-refractivity contribution < 1.29 is 9.15 Å². The number of furan rings is 1. The predicted molar refractivity (Wildman–Crippen MR) is 81.2 cm³/mol. The summed E-state index contributed by atoms with van der Waals surface area (Å²) < 4.78 is 11.0. The average molecular weight is 278 g/mol. The topological polar surface area (TPSA) is 58.2 Å². The van der Waals surface area contributed by atoms with Gasteiger partial charge in [-0.1, -0.05) is 18.2 Å². The van der Waals surface area contributed by atoms with Crippen LogP contribution in [0.2, 0.25) is 0 Å². The van der Waals surface area contributed by atoms with Gasteiger partial charge >= 0.3 is 0 Å². The Morgan fingerprint density at radius 2 is 2.05 bits per heavy atom. The van der Waals surface area contributed by atoms with E-state index in [2.05, 4.69) is 11.4 Å². The third kappa shape index (κ3) is 2.67. The number of hydrogen-bond donors (Lipinski definition) is 1. The van der Waals surface area contributed by atoms with E-state index in [9.17, 15) is 0 Å². The van der Waals surface area contributed by atoms with Gasteiger partial charge in [-0.05, 0) is 24.3 Å². The number of benzene rings is 2. The van der Waals surface area contributed by atoms with Gasteiger partial charge in [-0.2, -0.15) is 5.26 Å². The summed E-state index contributed by atoms with van der Waals surface area (Å²) in [6, 6.07) is 17.3. The van der Waals surface area contributed by atoms with Gasteiger partial charge in [0, 0.05) is 11.5 Å². The molecule has 2 aromatic carbocycles. The molecule has 3 rings (SSSR count). The Labute approximate surface area is 122 Å². The fourth-order valence-electron chi connectivity index (χ4n) is 2.21. The molecule has 0 atom stereocenters. The van der Waals surface area contributed by atoms with E-state index in [1.165, 1.54) is 0 Å². The fourth-order valence-corrected chi connectivity index (χ4v) is 2.21. The van der Waals surface area contributed by atoms with E-state index in [1.54, 1.807) is 19.2 Å². The molecule has 0 amide bonds. The normalized spacial score (nSPS) is 10.3. The number of fused-ring (bicyclic) bond motifs is 1. The Balaban J connectivity index is 1.79. The maximum absolute atomic E-state index is 8.90. The number of rotatable bonds is 4. The zero-order chi connectivity index (χ0) is 14.7. The summed E-state index contributed by atoms with van der Waals surface area (Å²) in [5.41, 5.74) is 2.28. The number of ether oxygens (including phenoxy) is 1. The molecule has 4 heteroatoms. The summed E-state index contributed by atoms with van der Waals surface area (Å²) in [6.45, 7) is 0.553. The lowest BCUT2D eigenvalue weighted by molar-refractivity contribution is 0.416. The monoisotopic (exact) mass is 278 g/mol. The number of hydrogen-bond acceptors (Lipinski definition) is 4. The lowest BCUT2D eigenvalue weighted by atomic mass is 10.2. The van der Waals surface area contributed by atoms with Crippen molar-refractivity contribution in [3.8, 4) is 11.8 Å². The molecule has 0 saturated carbocycles. The van der Waals surface area contributed by atoms with Crippen molar-refractivity contribution in [1.82, 2.24) is 0 Å². The number of nitrogens with zero attached hydrogens (tertiary/aromatic N) is 1. The first-order valence-electron chi connectivity index (χ1n) is 6.59. The molecule has 0 bridgehead atoms. The standard InChI is InChI=1S/C17H14N2O2/c1-20-17-8-12(10-18)6-7-15(17)19-11-14-9-13-4-2-3-5-16(13)21-14/h2-9,19H,11H2,1H3. The minimum Gasteiger partial charge on any atom is -0.495 e. The molecule has 0 spiro atoms. The quantitative estimate of drug-likeness (QED) is 0.785. The van der Waals surface area contributed by atoms with Gasteiger partial charge in [0.05, 0.1) is 31.0 Å². The summed E-state index contributed by atoms with van der Waals surface area (Å²) in [4.78, 5) is 0. The molecule has 1 aromatic heterocycles. The van der Waals surface area contributed by atoms with Crippen LogP contribution >= 0.6 is 0 Å². The highest BCUT2D eigenvalue weighted by atomic mass is 16.5. The minimum absolute atomic E-state index is 0.553. The van der Waals surface area contributed by atoms with Gasteiger partial charge in [0.15, 0.2) is 0 Å². The molecule has 0 unspecified atom stereocenters. The number of nitriles is 1. The van der Waals surface area contributed by atoms with Gasteiger partial charge in [-0.15, -0.1) is 0 Å². The zero-order valence-electron chi connectivity index (χ0n) is 11.6. The smallest absolute Gasteiger partial charge is 0.143 e. The van der Waals surface area contributed by atoms with Crippen molar-refractivity contribution in [3.63, 3.8) is 0 Å². The Hall–Kier alpha value is -2.93. The fraction of sp³-hybridized carbons (Fsp3) is 0.118. The molecule has 0 fully saturated rings. The van der Waals surface area contributed by atoms with Crippen molar-refractivity contribution in [1.29, 1.82) is 5.26 Å². The van der Waals surface area contributed by atoms with Gasteiger partial charge in [0.1, 0.15) is 17.1 Å². The van der Waals surface area contributed by atoms with Crippen LogP contribution < -0.4 is 10.1 Å². The Bertz CT molecular complexity index is 782. The van der Waals surface area contributed by atoms with Gasteiger partial charge in [-0.3, -0.25) is 0 Å². The van der Waals surface area contributed by atoms with E-state index in [4.69, 9.17) is 14.4 Å². The van der Waals surface area contributed by atoms with E-state index < -0.39 is 0 Å². The highest BCUT2D eigenvalue weighted by molar-refractivity contribution is 5.77. The second kappa shape index (κ2) is 5.59. The lowest BCUT2D eigenvalue weighted by Gasteiger charge is -2.10. The van der Waals surface area contributed by atoms with Crippen LogP contribution in [0.3, 0.4) is 0 Å². The SMILES string of the molecule is COc1cc(C#N)ccc1NCc1cc2ccccc2o1. The summed E-state index contributed by atoms with van der Waals surface area (Å²) in [7, 11) is 1.59. The molecule has 3 aromatic rings. The van der Waals surface area contributed by atoms with E-state index in [-0.39, 0.29) is 0 Å². The first-order valence-corrected chi connectivity index (χ1v) is 6.59. The first-order chi connectivity index (χ1) is 10.3. The van der Waals surface area contributed by atoms with Crippen molar-refractivity contribution in [2.45, 2.75) is 6.54 Å². The summed E-state index contributed by atoms with van der Waals surface area (Å²) >= 11 is 0. The van der Waals surface area contributed by atoms with E-state index in [1.807, 2.05) is 36.4 Å². The summed E-state index contributed by atoms with van der Waals surface area (Å²) in [5.74, 6) is 1.49. The molecule has 4 nitrogen and oxygen atoms in total. The molecule has 21 heavy (non-hydrogen) atoms. The summed E-state index contributed by atoms with van der Waals surface area (Å²) in [6.07, 6.45) is 0. The number of para-hydroxylation sites is 1. The Kier molecular flexibility index (Phi) is 3.48. The van der Waals surface area contributed by atoms with Gasteiger partial charge in [0.2, 0.25) is 0 Å². The highest BCUT2D eigenvalue weighted by Gasteiger charge is 2.06. The number of methoxy groups -OCH3 is 1. The van der Waals surface area contributed by atoms with Gasteiger partial charge in [0.25, 0.3) is 0 Å². The van der Waals surface area contributed by atoms with Gasteiger partial charge < -0.3 is 14.5 Å². The second-order valence-corrected chi connectivity index (χ2v) is 4.63. The number of anilines is 1. The van der Waals surface area contributed by atoms with E-state index in [0.29, 0.717) is 17.9 Å². The predicted octanol–water partition coefficient (Wildman–Crippen LogP) is 3.93. The molecule has 1 N–H and O–H groups in total. The molecule has 1 heterocycles. The van der Waals surface area contributed by atoms with Crippen LogP contribution in [0.15, 0.2) is 52.9 Å². The van der Waals surface area contributed by atoms with Crippen LogP contribution in [0.4, 0.5) is 5.69 Å². The minimum atomic E-state index is 0.553. The molecule has 0 aliphatic carbocycles. The van der Waals surface area contributed by atoms with Crippen LogP contribution in [0.25, 0.3) is 11.0 Å². The van der Waals surface area contributed by atoms with Crippen LogP contribution in [0.1, 0.15) is 11.3 Å². The Morgan fingerprint density at radius 3 is 2.81 bits per heavy atom. The van der Waals surface area contributed by atoms with Crippen LogP contribution in [0.5, 0.6) is 5.75 Å². The maximum atomic E-state index is 8.90. The lowest BCUT2D eigenvalue weighted by Crippen LogP contribution is -2.00. The molecular formula is C17H14N2O2.